The van der Waals surface area contributed by atoms with E-state index in [0.717, 1.165) is 21.8 Å². The van der Waals surface area contributed by atoms with Gasteiger partial charge in [0.25, 0.3) is 0 Å². The van der Waals surface area contributed by atoms with E-state index < -0.39 is 6.03 Å². The Balaban J connectivity index is 1.32. The maximum Gasteiger partial charge on any atom is 0.324 e. The SMILES string of the molecule is CC(C)(C)c1cc(NC(=O)Nc2ccc3[nH]c(C(=O)c4cc5cc(O)ccc5[nH]4)cc3c2)no1. The van der Waals surface area contributed by atoms with Gasteiger partial charge in [-0.25, -0.2) is 4.79 Å². The summed E-state index contributed by atoms with van der Waals surface area (Å²) in [6.07, 6.45) is 0. The van der Waals surface area contributed by atoms with Gasteiger partial charge in [-0.05, 0) is 48.5 Å². The normalized spacial score (nSPS) is 11.7. The van der Waals surface area contributed by atoms with E-state index in [9.17, 15) is 14.7 Å². The molecule has 9 nitrogen and oxygen atoms in total. The van der Waals surface area contributed by atoms with Crippen LogP contribution in [0.1, 0.15) is 42.7 Å². The van der Waals surface area contributed by atoms with Gasteiger partial charge in [0.1, 0.15) is 11.5 Å². The summed E-state index contributed by atoms with van der Waals surface area (Å²) in [7, 11) is 0. The van der Waals surface area contributed by atoms with Crippen LogP contribution in [0.2, 0.25) is 0 Å². The third-order valence-electron chi connectivity index (χ3n) is 5.46. The van der Waals surface area contributed by atoms with Gasteiger partial charge in [0.05, 0.1) is 11.4 Å². The van der Waals surface area contributed by atoms with Gasteiger partial charge in [-0.2, -0.15) is 0 Å². The smallest absolute Gasteiger partial charge is 0.324 e. The van der Waals surface area contributed by atoms with E-state index in [4.69, 9.17) is 4.52 Å². The van der Waals surface area contributed by atoms with Crippen molar-refractivity contribution in [3.63, 3.8) is 0 Å². The average molecular weight is 457 g/mol. The topological polar surface area (TPSA) is 136 Å². The Labute approximate surface area is 194 Å². The summed E-state index contributed by atoms with van der Waals surface area (Å²) in [5.41, 5.74) is 2.68. The molecule has 9 heteroatoms. The quantitative estimate of drug-likeness (QED) is 0.227. The second-order valence-corrected chi connectivity index (χ2v) is 9.17. The summed E-state index contributed by atoms with van der Waals surface area (Å²) in [4.78, 5) is 31.6. The Bertz CT molecular complexity index is 1550. The van der Waals surface area contributed by atoms with Gasteiger partial charge >= 0.3 is 6.03 Å². The van der Waals surface area contributed by atoms with E-state index in [-0.39, 0.29) is 16.9 Å². The maximum absolute atomic E-state index is 13.0. The van der Waals surface area contributed by atoms with Crippen molar-refractivity contribution in [3.8, 4) is 5.75 Å². The highest BCUT2D eigenvalue weighted by Crippen LogP contribution is 2.26. The standard InChI is InChI=1S/C25H23N5O4/c1-25(2,3)21-12-22(30-34-21)29-24(33)26-15-4-6-17-13(8-15)10-19(27-17)23(32)20-11-14-9-16(31)5-7-18(14)28-20/h4-12,27-28,31H,1-3H3,(H2,26,29,30,33). The number of carbonyl (C=O) groups is 2. The molecule has 34 heavy (non-hydrogen) atoms. The third kappa shape index (κ3) is 4.11. The number of nitrogens with zero attached hydrogens (tertiary/aromatic N) is 1. The van der Waals surface area contributed by atoms with Crippen LogP contribution < -0.4 is 10.6 Å². The molecular weight excluding hydrogens is 434 g/mol. The number of amides is 2. The summed E-state index contributed by atoms with van der Waals surface area (Å²) in [6.45, 7) is 5.97. The monoisotopic (exact) mass is 457 g/mol. The molecule has 0 aliphatic carbocycles. The molecule has 2 amide bonds. The van der Waals surface area contributed by atoms with Gasteiger partial charge in [-0.15, -0.1) is 0 Å². The number of carbonyl (C=O) groups excluding carboxylic acids is 2. The first kappa shape index (κ1) is 21.3. The van der Waals surface area contributed by atoms with Crippen LogP contribution in [0.5, 0.6) is 5.75 Å². The number of aromatic amines is 2. The minimum Gasteiger partial charge on any atom is -0.508 e. The molecule has 0 fully saturated rings. The lowest BCUT2D eigenvalue weighted by molar-refractivity contribution is 0.103. The number of hydrogen-bond acceptors (Lipinski definition) is 5. The first-order valence-corrected chi connectivity index (χ1v) is 10.7. The van der Waals surface area contributed by atoms with Crippen LogP contribution in [0.4, 0.5) is 16.3 Å². The predicted molar refractivity (Wildman–Crippen MR) is 130 cm³/mol. The number of aromatic hydroxyl groups is 1. The van der Waals surface area contributed by atoms with Crippen LogP contribution in [0.3, 0.4) is 0 Å². The number of phenolic OH excluding ortho intramolecular Hbond substituents is 1. The van der Waals surface area contributed by atoms with Gasteiger partial charge in [-0.3, -0.25) is 10.1 Å². The van der Waals surface area contributed by atoms with Crippen molar-refractivity contribution in [1.82, 2.24) is 15.1 Å². The third-order valence-corrected chi connectivity index (χ3v) is 5.46. The zero-order chi connectivity index (χ0) is 24.0. The molecule has 5 N–H and O–H groups in total. The van der Waals surface area contributed by atoms with Crippen LogP contribution in [-0.4, -0.2) is 32.0 Å². The zero-order valence-electron chi connectivity index (χ0n) is 18.8. The molecule has 0 spiro atoms. The largest absolute Gasteiger partial charge is 0.508 e. The molecule has 0 radical (unpaired) electrons. The fraction of sp³-hybridized carbons (Fsp3) is 0.160. The summed E-state index contributed by atoms with van der Waals surface area (Å²) in [6, 6.07) is 14.9. The lowest BCUT2D eigenvalue weighted by Crippen LogP contribution is -2.19. The van der Waals surface area contributed by atoms with Crippen molar-refractivity contribution in [2.45, 2.75) is 26.2 Å². The van der Waals surface area contributed by atoms with E-state index in [1.807, 2.05) is 20.8 Å². The van der Waals surface area contributed by atoms with Crippen molar-refractivity contribution in [1.29, 1.82) is 0 Å². The van der Waals surface area contributed by atoms with Crippen molar-refractivity contribution in [3.05, 3.63) is 71.7 Å². The lowest BCUT2D eigenvalue weighted by atomic mass is 9.93. The van der Waals surface area contributed by atoms with Gasteiger partial charge in [-0.1, -0.05) is 25.9 Å². The molecule has 5 aromatic rings. The molecule has 0 unspecified atom stereocenters. The number of H-pyrrole nitrogens is 2. The van der Waals surface area contributed by atoms with Gasteiger partial charge < -0.3 is 24.9 Å². The maximum atomic E-state index is 13.0. The Hall–Kier alpha value is -4.53. The molecule has 3 heterocycles. The Morgan fingerprint density at radius 2 is 1.53 bits per heavy atom. The van der Waals surface area contributed by atoms with E-state index in [0.29, 0.717) is 28.7 Å². The lowest BCUT2D eigenvalue weighted by Gasteiger charge is -2.12. The first-order valence-electron chi connectivity index (χ1n) is 10.7. The number of aromatic nitrogens is 3. The summed E-state index contributed by atoms with van der Waals surface area (Å²) < 4.78 is 5.28. The highest BCUT2D eigenvalue weighted by atomic mass is 16.5. The fourth-order valence-electron chi connectivity index (χ4n) is 3.69. The molecule has 2 aromatic carbocycles. The minimum atomic E-state index is -0.457. The summed E-state index contributed by atoms with van der Waals surface area (Å²) in [5.74, 6) is 0.920. The van der Waals surface area contributed by atoms with Crippen molar-refractivity contribution in [2.75, 3.05) is 10.6 Å². The van der Waals surface area contributed by atoms with E-state index in [1.165, 1.54) is 0 Å². The number of rotatable bonds is 4. The molecule has 0 bridgehead atoms. The van der Waals surface area contributed by atoms with Gasteiger partial charge in [0.15, 0.2) is 5.82 Å². The summed E-state index contributed by atoms with van der Waals surface area (Å²) in [5, 5.41) is 20.5. The molecule has 0 saturated carbocycles. The van der Waals surface area contributed by atoms with Crippen molar-refractivity contribution in [2.24, 2.45) is 0 Å². The molecular formula is C25H23N5O4. The molecule has 172 valence electrons. The first-order chi connectivity index (χ1) is 16.2. The molecule has 0 saturated heterocycles. The number of fused-ring (bicyclic) bond motifs is 2. The fourth-order valence-corrected chi connectivity index (χ4v) is 3.69. The number of nitrogens with one attached hydrogen (secondary N) is 4. The van der Waals surface area contributed by atoms with E-state index in [2.05, 4.69) is 25.8 Å². The number of hydrogen-bond donors (Lipinski definition) is 5. The minimum absolute atomic E-state index is 0.137. The highest BCUT2D eigenvalue weighted by molar-refractivity contribution is 6.11. The second kappa shape index (κ2) is 7.80. The van der Waals surface area contributed by atoms with Crippen LogP contribution >= 0.6 is 0 Å². The number of benzene rings is 2. The zero-order valence-corrected chi connectivity index (χ0v) is 18.8. The Kier molecular flexibility index (Phi) is 4.89. The van der Waals surface area contributed by atoms with Crippen LogP contribution in [-0.2, 0) is 5.41 Å². The van der Waals surface area contributed by atoms with Crippen molar-refractivity contribution >= 4 is 45.1 Å². The number of urea groups is 1. The van der Waals surface area contributed by atoms with Crippen molar-refractivity contribution < 1.29 is 19.2 Å². The van der Waals surface area contributed by atoms with E-state index >= 15 is 0 Å². The van der Waals surface area contributed by atoms with Crippen LogP contribution in [0, 0.1) is 0 Å². The number of phenols is 1. The molecule has 0 atom stereocenters. The predicted octanol–water partition coefficient (Wildman–Crippen LogP) is 5.52. The van der Waals surface area contributed by atoms with Gasteiger partial charge in [0.2, 0.25) is 5.78 Å². The van der Waals surface area contributed by atoms with E-state index in [1.54, 1.807) is 54.6 Å². The highest BCUT2D eigenvalue weighted by Gasteiger charge is 2.20. The van der Waals surface area contributed by atoms with Crippen LogP contribution in [0.15, 0.2) is 59.1 Å². The number of ketones is 1. The Morgan fingerprint density at radius 1 is 0.882 bits per heavy atom. The molecule has 0 aliphatic rings. The summed E-state index contributed by atoms with van der Waals surface area (Å²) >= 11 is 0. The molecule has 3 aromatic heterocycles. The van der Waals surface area contributed by atoms with Gasteiger partial charge in [0, 0.05) is 39.0 Å². The molecule has 0 aliphatic heterocycles. The Morgan fingerprint density at radius 3 is 2.18 bits per heavy atom. The number of anilines is 2. The van der Waals surface area contributed by atoms with Crippen LogP contribution in [0.25, 0.3) is 21.8 Å². The molecule has 5 rings (SSSR count). The average Bonchev–Trinajstić information content (AvgIpc) is 3.49. The second-order valence-electron chi connectivity index (χ2n) is 9.17.